The highest BCUT2D eigenvalue weighted by atomic mass is 16.2. The number of benzene rings is 2. The van der Waals surface area contributed by atoms with Crippen molar-refractivity contribution in [3.05, 3.63) is 71.8 Å². The van der Waals surface area contributed by atoms with Crippen molar-refractivity contribution in [2.75, 3.05) is 6.54 Å². The Bertz CT molecular complexity index is 525. The molecule has 3 heteroatoms. The van der Waals surface area contributed by atoms with Crippen molar-refractivity contribution >= 4 is 6.03 Å². The Hall–Kier alpha value is -2.29. The number of amides is 2. The molecular weight excluding hydrogens is 248 g/mol. The molecule has 0 aliphatic heterocycles. The second-order valence-corrected chi connectivity index (χ2v) is 4.86. The van der Waals surface area contributed by atoms with Crippen LogP contribution >= 0.6 is 0 Å². The summed E-state index contributed by atoms with van der Waals surface area (Å²) in [6, 6.07) is 19.9. The van der Waals surface area contributed by atoms with Gasteiger partial charge in [-0.05, 0) is 17.0 Å². The molecule has 2 aromatic carbocycles. The average molecular weight is 268 g/mol. The van der Waals surface area contributed by atoms with Crippen LogP contribution in [0.1, 0.15) is 24.0 Å². The van der Waals surface area contributed by atoms with Crippen molar-refractivity contribution in [3.8, 4) is 0 Å². The van der Waals surface area contributed by atoms with E-state index in [1.165, 1.54) is 5.56 Å². The fraction of sp³-hybridized carbons (Fsp3) is 0.235. The zero-order valence-electron chi connectivity index (χ0n) is 11.7. The first-order valence-corrected chi connectivity index (χ1v) is 6.86. The highest BCUT2D eigenvalue weighted by molar-refractivity contribution is 5.73. The van der Waals surface area contributed by atoms with E-state index in [0.29, 0.717) is 19.0 Å². The molecule has 3 nitrogen and oxygen atoms in total. The number of nitrogens with one attached hydrogen (secondary N) is 2. The van der Waals surface area contributed by atoms with Gasteiger partial charge >= 0.3 is 6.03 Å². The second-order valence-electron chi connectivity index (χ2n) is 4.86. The van der Waals surface area contributed by atoms with Crippen LogP contribution in [0, 0.1) is 0 Å². The third-order valence-corrected chi connectivity index (χ3v) is 3.23. The average Bonchev–Trinajstić information content (AvgIpc) is 2.52. The third-order valence-electron chi connectivity index (χ3n) is 3.23. The van der Waals surface area contributed by atoms with Crippen molar-refractivity contribution in [2.45, 2.75) is 19.4 Å². The molecule has 0 heterocycles. The van der Waals surface area contributed by atoms with E-state index in [0.717, 1.165) is 5.56 Å². The van der Waals surface area contributed by atoms with E-state index in [1.54, 1.807) is 0 Å². The molecule has 0 aliphatic rings. The Morgan fingerprint density at radius 2 is 1.55 bits per heavy atom. The summed E-state index contributed by atoms with van der Waals surface area (Å²) in [4.78, 5) is 11.7. The summed E-state index contributed by atoms with van der Waals surface area (Å²) in [6.07, 6.45) is 0. The molecule has 2 amide bonds. The topological polar surface area (TPSA) is 41.1 Å². The van der Waals surface area contributed by atoms with Gasteiger partial charge in [0.2, 0.25) is 0 Å². The number of carbonyl (C=O) groups is 1. The predicted octanol–water partition coefficient (Wildman–Crippen LogP) is 3.29. The lowest BCUT2D eigenvalue weighted by atomic mass is 10.0. The Morgan fingerprint density at radius 1 is 0.950 bits per heavy atom. The lowest BCUT2D eigenvalue weighted by molar-refractivity contribution is 0.240. The summed E-state index contributed by atoms with van der Waals surface area (Å²) < 4.78 is 0. The molecule has 0 radical (unpaired) electrons. The number of urea groups is 1. The minimum atomic E-state index is -0.128. The molecule has 2 rings (SSSR count). The van der Waals surface area contributed by atoms with E-state index < -0.39 is 0 Å². The van der Waals surface area contributed by atoms with Crippen LogP contribution in [-0.4, -0.2) is 12.6 Å². The summed E-state index contributed by atoms with van der Waals surface area (Å²) in [6.45, 7) is 3.28. The summed E-state index contributed by atoms with van der Waals surface area (Å²) >= 11 is 0. The van der Waals surface area contributed by atoms with Crippen LogP contribution in [0.25, 0.3) is 0 Å². The molecule has 104 valence electrons. The van der Waals surface area contributed by atoms with Gasteiger partial charge in [-0.15, -0.1) is 0 Å². The molecule has 1 unspecified atom stereocenters. The summed E-state index contributed by atoms with van der Waals surface area (Å²) in [7, 11) is 0. The lowest BCUT2D eigenvalue weighted by Gasteiger charge is -2.13. The number of hydrogen-bond acceptors (Lipinski definition) is 1. The number of rotatable bonds is 5. The fourth-order valence-corrected chi connectivity index (χ4v) is 1.99. The van der Waals surface area contributed by atoms with Gasteiger partial charge in [-0.3, -0.25) is 0 Å². The molecule has 0 fully saturated rings. The smallest absolute Gasteiger partial charge is 0.315 e. The van der Waals surface area contributed by atoms with Crippen LogP contribution < -0.4 is 10.6 Å². The van der Waals surface area contributed by atoms with Crippen LogP contribution in [0.2, 0.25) is 0 Å². The minimum absolute atomic E-state index is 0.128. The van der Waals surface area contributed by atoms with Gasteiger partial charge in [0.1, 0.15) is 0 Å². The van der Waals surface area contributed by atoms with E-state index in [2.05, 4.69) is 29.7 Å². The van der Waals surface area contributed by atoms with Crippen molar-refractivity contribution in [1.29, 1.82) is 0 Å². The third kappa shape index (κ3) is 4.43. The molecule has 0 aromatic heterocycles. The molecule has 20 heavy (non-hydrogen) atoms. The Kier molecular flexibility index (Phi) is 5.18. The maximum Gasteiger partial charge on any atom is 0.315 e. The molecular formula is C17H20N2O. The number of hydrogen-bond donors (Lipinski definition) is 2. The van der Waals surface area contributed by atoms with Crippen LogP contribution in [0.3, 0.4) is 0 Å². The van der Waals surface area contributed by atoms with Gasteiger partial charge in [0.25, 0.3) is 0 Å². The van der Waals surface area contributed by atoms with Crippen molar-refractivity contribution in [1.82, 2.24) is 10.6 Å². The standard InChI is InChI=1S/C17H20N2O/c1-14(16-10-6-3-7-11-16)12-18-17(20)19-13-15-8-4-2-5-9-15/h2-11,14H,12-13H2,1H3,(H2,18,19,20). The molecule has 2 N–H and O–H groups in total. The summed E-state index contributed by atoms with van der Waals surface area (Å²) in [5, 5.41) is 5.76. The monoisotopic (exact) mass is 268 g/mol. The van der Waals surface area contributed by atoms with Crippen LogP contribution in [0.15, 0.2) is 60.7 Å². The largest absolute Gasteiger partial charge is 0.338 e. The molecule has 0 spiro atoms. The van der Waals surface area contributed by atoms with Crippen LogP contribution in [-0.2, 0) is 6.54 Å². The van der Waals surface area contributed by atoms with Gasteiger partial charge in [-0.2, -0.15) is 0 Å². The van der Waals surface area contributed by atoms with E-state index in [4.69, 9.17) is 0 Å². The fourth-order valence-electron chi connectivity index (χ4n) is 1.99. The number of carbonyl (C=O) groups excluding carboxylic acids is 1. The lowest BCUT2D eigenvalue weighted by Crippen LogP contribution is -2.37. The SMILES string of the molecule is CC(CNC(=O)NCc1ccccc1)c1ccccc1. The van der Waals surface area contributed by atoms with Gasteiger partial charge < -0.3 is 10.6 Å². The van der Waals surface area contributed by atoms with E-state index in [1.807, 2.05) is 48.5 Å². The van der Waals surface area contributed by atoms with E-state index in [-0.39, 0.29) is 6.03 Å². The first kappa shape index (κ1) is 14.1. The molecule has 0 saturated heterocycles. The van der Waals surface area contributed by atoms with Gasteiger partial charge in [-0.1, -0.05) is 67.6 Å². The van der Waals surface area contributed by atoms with E-state index in [9.17, 15) is 4.79 Å². The second kappa shape index (κ2) is 7.34. The zero-order chi connectivity index (χ0) is 14.2. The summed E-state index contributed by atoms with van der Waals surface area (Å²) in [5.74, 6) is 0.304. The first-order chi connectivity index (χ1) is 9.75. The maximum atomic E-state index is 11.7. The van der Waals surface area contributed by atoms with E-state index >= 15 is 0 Å². The van der Waals surface area contributed by atoms with Gasteiger partial charge in [-0.25, -0.2) is 4.79 Å². The molecule has 0 bridgehead atoms. The zero-order valence-corrected chi connectivity index (χ0v) is 11.7. The van der Waals surface area contributed by atoms with Crippen LogP contribution in [0.5, 0.6) is 0 Å². The Morgan fingerprint density at radius 3 is 2.20 bits per heavy atom. The van der Waals surface area contributed by atoms with Crippen LogP contribution in [0.4, 0.5) is 4.79 Å². The highest BCUT2D eigenvalue weighted by Gasteiger charge is 2.06. The Balaban J connectivity index is 1.73. The summed E-state index contributed by atoms with van der Waals surface area (Å²) in [5.41, 5.74) is 2.33. The Labute approximate surface area is 120 Å². The first-order valence-electron chi connectivity index (χ1n) is 6.86. The van der Waals surface area contributed by atoms with Crippen molar-refractivity contribution < 1.29 is 4.79 Å². The maximum absolute atomic E-state index is 11.7. The van der Waals surface area contributed by atoms with Crippen molar-refractivity contribution in [3.63, 3.8) is 0 Å². The molecule has 0 aliphatic carbocycles. The molecule has 1 atom stereocenters. The van der Waals surface area contributed by atoms with Gasteiger partial charge in [0, 0.05) is 13.1 Å². The van der Waals surface area contributed by atoms with Crippen molar-refractivity contribution in [2.24, 2.45) is 0 Å². The van der Waals surface area contributed by atoms with Gasteiger partial charge in [0.15, 0.2) is 0 Å². The predicted molar refractivity (Wildman–Crippen MR) is 81.5 cm³/mol. The normalized spacial score (nSPS) is 11.7. The highest BCUT2D eigenvalue weighted by Crippen LogP contribution is 2.12. The minimum Gasteiger partial charge on any atom is -0.338 e. The van der Waals surface area contributed by atoms with Gasteiger partial charge in [0.05, 0.1) is 0 Å². The molecule has 2 aromatic rings. The molecule has 0 saturated carbocycles. The quantitative estimate of drug-likeness (QED) is 0.858.